The van der Waals surface area contributed by atoms with Crippen LogP contribution in [0.1, 0.15) is 50.4 Å². The van der Waals surface area contributed by atoms with E-state index in [-0.39, 0.29) is 6.10 Å². The molecule has 0 unspecified atom stereocenters. The van der Waals surface area contributed by atoms with E-state index in [1.165, 1.54) is 16.8 Å². The quantitative estimate of drug-likeness (QED) is 0.690. The van der Waals surface area contributed by atoms with E-state index < -0.39 is 0 Å². The van der Waals surface area contributed by atoms with Crippen molar-refractivity contribution < 1.29 is 5.11 Å². The van der Waals surface area contributed by atoms with Crippen molar-refractivity contribution >= 4 is 0 Å². The van der Waals surface area contributed by atoms with Crippen molar-refractivity contribution in [3.63, 3.8) is 0 Å². The van der Waals surface area contributed by atoms with E-state index in [1.54, 1.807) is 0 Å². The van der Waals surface area contributed by atoms with Crippen LogP contribution in [0.4, 0.5) is 0 Å². The Hall–Kier alpha value is -1.58. The predicted octanol–water partition coefficient (Wildman–Crippen LogP) is 4.46. The SMILES string of the molecule is CC[C@@H](O)CN(CCC(C)C)Cc1cccn1Cc1ccccc1C. The van der Waals surface area contributed by atoms with Crippen molar-refractivity contribution in [3.05, 3.63) is 59.4 Å². The molecule has 0 bridgehead atoms. The highest BCUT2D eigenvalue weighted by atomic mass is 16.3. The normalized spacial score (nSPS) is 12.9. The van der Waals surface area contributed by atoms with Gasteiger partial charge in [0.1, 0.15) is 0 Å². The molecule has 1 aromatic heterocycles. The molecule has 0 aliphatic rings. The van der Waals surface area contributed by atoms with Gasteiger partial charge in [0, 0.05) is 31.5 Å². The van der Waals surface area contributed by atoms with Crippen LogP contribution < -0.4 is 0 Å². The van der Waals surface area contributed by atoms with E-state index in [9.17, 15) is 5.11 Å². The molecule has 0 amide bonds. The summed E-state index contributed by atoms with van der Waals surface area (Å²) in [6.45, 7) is 12.3. The van der Waals surface area contributed by atoms with Crippen LogP contribution in [0.2, 0.25) is 0 Å². The Morgan fingerprint density at radius 3 is 2.56 bits per heavy atom. The highest BCUT2D eigenvalue weighted by molar-refractivity contribution is 5.26. The van der Waals surface area contributed by atoms with Gasteiger partial charge in [0.15, 0.2) is 0 Å². The van der Waals surface area contributed by atoms with Gasteiger partial charge in [-0.2, -0.15) is 0 Å². The number of nitrogens with zero attached hydrogens (tertiary/aromatic N) is 2. The molecule has 0 aliphatic heterocycles. The van der Waals surface area contributed by atoms with E-state index in [0.717, 1.165) is 39.0 Å². The summed E-state index contributed by atoms with van der Waals surface area (Å²) in [7, 11) is 0. The van der Waals surface area contributed by atoms with E-state index in [2.05, 4.69) is 72.8 Å². The topological polar surface area (TPSA) is 28.4 Å². The summed E-state index contributed by atoms with van der Waals surface area (Å²) < 4.78 is 2.34. The lowest BCUT2D eigenvalue weighted by atomic mass is 10.1. The van der Waals surface area contributed by atoms with Gasteiger partial charge in [0.2, 0.25) is 0 Å². The maximum Gasteiger partial charge on any atom is 0.0664 e. The number of aliphatic hydroxyl groups excluding tert-OH is 1. The number of hydrogen-bond acceptors (Lipinski definition) is 2. The highest BCUT2D eigenvalue weighted by Gasteiger charge is 2.14. The second kappa shape index (κ2) is 9.79. The van der Waals surface area contributed by atoms with Crippen LogP contribution in [0.5, 0.6) is 0 Å². The van der Waals surface area contributed by atoms with E-state index in [4.69, 9.17) is 0 Å². The third-order valence-corrected chi connectivity index (χ3v) is 4.87. The third-order valence-electron chi connectivity index (χ3n) is 4.87. The van der Waals surface area contributed by atoms with E-state index in [0.29, 0.717) is 5.92 Å². The zero-order valence-corrected chi connectivity index (χ0v) is 16.3. The summed E-state index contributed by atoms with van der Waals surface area (Å²) in [4.78, 5) is 2.40. The molecular weight excluding hydrogens is 308 g/mol. The fourth-order valence-corrected chi connectivity index (χ4v) is 3.05. The van der Waals surface area contributed by atoms with E-state index >= 15 is 0 Å². The van der Waals surface area contributed by atoms with Crippen molar-refractivity contribution in [2.24, 2.45) is 5.92 Å². The molecule has 1 atom stereocenters. The van der Waals surface area contributed by atoms with Crippen LogP contribution in [-0.2, 0) is 13.1 Å². The second-order valence-electron chi connectivity index (χ2n) is 7.53. The van der Waals surface area contributed by atoms with Gasteiger partial charge in [-0.05, 0) is 55.5 Å². The standard InChI is InChI=1S/C22H34N2O/c1-5-22(25)17-23(14-12-18(2)3)16-21-11-8-13-24(21)15-20-10-7-6-9-19(20)4/h6-11,13,18,22,25H,5,12,14-17H2,1-4H3/t22-/m1/s1. The third kappa shape index (κ3) is 6.33. The molecule has 138 valence electrons. The first kappa shape index (κ1) is 19.7. The molecule has 0 saturated carbocycles. The fourth-order valence-electron chi connectivity index (χ4n) is 3.05. The lowest BCUT2D eigenvalue weighted by Crippen LogP contribution is -2.33. The Morgan fingerprint density at radius 2 is 1.88 bits per heavy atom. The molecule has 3 heteroatoms. The van der Waals surface area contributed by atoms with Gasteiger partial charge in [-0.15, -0.1) is 0 Å². The first-order valence-corrected chi connectivity index (χ1v) is 9.58. The average Bonchev–Trinajstić information content (AvgIpc) is 3.01. The Morgan fingerprint density at radius 1 is 1.12 bits per heavy atom. The van der Waals surface area contributed by atoms with Crippen LogP contribution >= 0.6 is 0 Å². The number of aryl methyl sites for hydroxylation is 1. The highest BCUT2D eigenvalue weighted by Crippen LogP contribution is 2.15. The first-order valence-electron chi connectivity index (χ1n) is 9.58. The van der Waals surface area contributed by atoms with Crippen molar-refractivity contribution in [1.29, 1.82) is 0 Å². The smallest absolute Gasteiger partial charge is 0.0664 e. The predicted molar refractivity (Wildman–Crippen MR) is 106 cm³/mol. The largest absolute Gasteiger partial charge is 0.392 e. The van der Waals surface area contributed by atoms with Crippen LogP contribution in [0.25, 0.3) is 0 Å². The lowest BCUT2D eigenvalue weighted by Gasteiger charge is -2.26. The molecule has 0 fully saturated rings. The number of benzene rings is 1. The van der Waals surface area contributed by atoms with Crippen molar-refractivity contribution in [3.8, 4) is 0 Å². The molecule has 0 spiro atoms. The summed E-state index contributed by atoms with van der Waals surface area (Å²) in [5.41, 5.74) is 4.01. The van der Waals surface area contributed by atoms with Crippen LogP contribution in [0.15, 0.2) is 42.6 Å². The van der Waals surface area contributed by atoms with Crippen LogP contribution in [0, 0.1) is 12.8 Å². The monoisotopic (exact) mass is 342 g/mol. The Kier molecular flexibility index (Phi) is 7.73. The molecule has 2 aromatic rings. The molecule has 0 radical (unpaired) electrons. The molecule has 1 aromatic carbocycles. The van der Waals surface area contributed by atoms with Gasteiger partial charge >= 0.3 is 0 Å². The minimum Gasteiger partial charge on any atom is -0.392 e. The second-order valence-corrected chi connectivity index (χ2v) is 7.53. The summed E-state index contributed by atoms with van der Waals surface area (Å²) in [6, 6.07) is 12.9. The Balaban J connectivity index is 2.08. The minimum atomic E-state index is -0.244. The molecule has 1 heterocycles. The summed E-state index contributed by atoms with van der Waals surface area (Å²) in [6.07, 6.45) is 3.89. The first-order chi connectivity index (χ1) is 12.0. The van der Waals surface area contributed by atoms with Crippen molar-refractivity contribution in [2.75, 3.05) is 13.1 Å². The maximum absolute atomic E-state index is 10.1. The molecular formula is C22H34N2O. The molecule has 3 nitrogen and oxygen atoms in total. The summed E-state index contributed by atoms with van der Waals surface area (Å²) in [5, 5.41) is 10.1. The van der Waals surface area contributed by atoms with E-state index in [1.807, 2.05) is 6.92 Å². The Bertz CT molecular complexity index is 632. The molecule has 0 aliphatic carbocycles. The number of aliphatic hydroxyl groups is 1. The van der Waals surface area contributed by atoms with Gasteiger partial charge in [0.25, 0.3) is 0 Å². The lowest BCUT2D eigenvalue weighted by molar-refractivity contribution is 0.101. The van der Waals surface area contributed by atoms with Crippen LogP contribution in [0.3, 0.4) is 0 Å². The number of hydrogen-bond donors (Lipinski definition) is 1. The van der Waals surface area contributed by atoms with Crippen molar-refractivity contribution in [1.82, 2.24) is 9.47 Å². The maximum atomic E-state index is 10.1. The Labute approximate surface area is 153 Å². The zero-order valence-electron chi connectivity index (χ0n) is 16.3. The fraction of sp³-hybridized carbons (Fsp3) is 0.545. The molecule has 2 rings (SSSR count). The molecule has 1 N–H and O–H groups in total. The van der Waals surface area contributed by atoms with Gasteiger partial charge in [-0.1, -0.05) is 45.0 Å². The zero-order chi connectivity index (χ0) is 18.2. The van der Waals surface area contributed by atoms with Gasteiger partial charge in [-0.25, -0.2) is 0 Å². The van der Waals surface area contributed by atoms with Gasteiger partial charge < -0.3 is 9.67 Å². The van der Waals surface area contributed by atoms with Gasteiger partial charge in [-0.3, -0.25) is 4.90 Å². The summed E-state index contributed by atoms with van der Waals surface area (Å²) >= 11 is 0. The number of aromatic nitrogens is 1. The molecule has 0 saturated heterocycles. The number of rotatable bonds is 10. The van der Waals surface area contributed by atoms with Crippen LogP contribution in [-0.4, -0.2) is 33.8 Å². The van der Waals surface area contributed by atoms with Crippen molar-refractivity contribution in [2.45, 2.75) is 59.7 Å². The van der Waals surface area contributed by atoms with Gasteiger partial charge in [0.05, 0.1) is 6.10 Å². The minimum absolute atomic E-state index is 0.244. The summed E-state index contributed by atoms with van der Waals surface area (Å²) in [5.74, 6) is 0.681. The molecule has 25 heavy (non-hydrogen) atoms. The average molecular weight is 343 g/mol.